The van der Waals surface area contributed by atoms with Crippen molar-refractivity contribution in [2.45, 2.75) is 13.5 Å². The van der Waals surface area contributed by atoms with Gasteiger partial charge >= 0.3 is 0 Å². The Labute approximate surface area is 209 Å². The summed E-state index contributed by atoms with van der Waals surface area (Å²) in [5.74, 6) is 1.40. The van der Waals surface area contributed by atoms with E-state index in [1.54, 1.807) is 4.90 Å². The number of hydrogen-bond donors (Lipinski definition) is 2. The van der Waals surface area contributed by atoms with Crippen molar-refractivity contribution in [1.29, 1.82) is 0 Å². The molecule has 176 valence electrons. The average Bonchev–Trinajstić information content (AvgIpc) is 3.25. The molecule has 3 aromatic carbocycles. The zero-order chi connectivity index (χ0) is 23.8. The van der Waals surface area contributed by atoms with Gasteiger partial charge in [0.2, 0.25) is 0 Å². The van der Waals surface area contributed by atoms with Crippen LogP contribution in [0, 0.1) is 6.92 Å². The van der Waals surface area contributed by atoms with E-state index < -0.39 is 0 Å². The predicted molar refractivity (Wildman–Crippen MR) is 142 cm³/mol. The van der Waals surface area contributed by atoms with Crippen molar-refractivity contribution in [3.63, 3.8) is 0 Å². The third-order valence-electron chi connectivity index (χ3n) is 6.70. The summed E-state index contributed by atoms with van der Waals surface area (Å²) in [5.41, 5.74) is 5.77. The zero-order valence-corrected chi connectivity index (χ0v) is 20.3. The van der Waals surface area contributed by atoms with Crippen molar-refractivity contribution in [2.24, 2.45) is 0 Å². The number of halogens is 1. The number of para-hydroxylation sites is 1. The Kier molecular flexibility index (Phi) is 5.76. The van der Waals surface area contributed by atoms with E-state index in [4.69, 9.17) is 16.0 Å². The molecule has 1 saturated heterocycles. The summed E-state index contributed by atoms with van der Waals surface area (Å²) in [4.78, 5) is 13.3. The molecule has 2 aromatic heterocycles. The lowest BCUT2D eigenvalue weighted by Crippen LogP contribution is -3.13. The van der Waals surface area contributed by atoms with E-state index in [1.165, 1.54) is 11.3 Å². The van der Waals surface area contributed by atoms with Crippen LogP contribution in [0.15, 0.2) is 77.2 Å². The normalized spacial score (nSPS) is 14.6. The first-order valence-electron chi connectivity index (χ1n) is 12.0. The molecule has 6 nitrogen and oxygen atoms in total. The Morgan fingerprint density at radius 3 is 2.49 bits per heavy atom. The molecule has 0 atom stereocenters. The lowest BCUT2D eigenvalue weighted by atomic mass is 10.2. The largest absolute Gasteiger partial charge is 0.450 e. The number of aryl methyl sites for hydroxylation is 1. The van der Waals surface area contributed by atoms with Gasteiger partial charge in [0.15, 0.2) is 11.4 Å². The van der Waals surface area contributed by atoms with Crippen molar-refractivity contribution in [2.75, 3.05) is 36.4 Å². The third kappa shape index (κ3) is 4.43. The second-order valence-corrected chi connectivity index (χ2v) is 9.48. The van der Waals surface area contributed by atoms with Crippen molar-refractivity contribution in [1.82, 2.24) is 9.97 Å². The van der Waals surface area contributed by atoms with E-state index in [-0.39, 0.29) is 0 Å². The first-order valence-corrected chi connectivity index (χ1v) is 12.4. The van der Waals surface area contributed by atoms with Gasteiger partial charge in [0.25, 0.3) is 0 Å². The maximum atomic E-state index is 6.36. The molecule has 0 radical (unpaired) electrons. The van der Waals surface area contributed by atoms with Crippen molar-refractivity contribution < 1.29 is 9.32 Å². The molecule has 0 amide bonds. The molecule has 5 aromatic rings. The van der Waals surface area contributed by atoms with Gasteiger partial charge in [0.1, 0.15) is 23.5 Å². The first kappa shape index (κ1) is 21.9. The summed E-state index contributed by atoms with van der Waals surface area (Å²) in [7, 11) is 0. The molecule has 3 heterocycles. The van der Waals surface area contributed by atoms with Crippen LogP contribution in [0.2, 0.25) is 5.02 Å². The topological polar surface area (TPSA) is 58.6 Å². The van der Waals surface area contributed by atoms with Crippen LogP contribution in [0.3, 0.4) is 0 Å². The van der Waals surface area contributed by atoms with Crippen molar-refractivity contribution in [3.05, 3.63) is 89.2 Å². The van der Waals surface area contributed by atoms with Gasteiger partial charge in [0.05, 0.1) is 26.2 Å². The number of hydrogen-bond acceptors (Lipinski definition) is 5. The van der Waals surface area contributed by atoms with Gasteiger partial charge in [-0.15, -0.1) is 0 Å². The van der Waals surface area contributed by atoms with E-state index in [0.29, 0.717) is 17.2 Å². The highest BCUT2D eigenvalue weighted by molar-refractivity contribution is 6.31. The third-order valence-corrected chi connectivity index (χ3v) is 7.06. The molecule has 1 fully saturated rings. The molecular weight excluding hydrogens is 458 g/mol. The monoisotopic (exact) mass is 484 g/mol. The van der Waals surface area contributed by atoms with Crippen LogP contribution in [0.1, 0.15) is 11.4 Å². The summed E-state index contributed by atoms with van der Waals surface area (Å²) in [6, 6.07) is 24.7. The fourth-order valence-corrected chi connectivity index (χ4v) is 5.05. The number of furan rings is 1. The van der Waals surface area contributed by atoms with Gasteiger partial charge in [-0.3, -0.25) is 0 Å². The Hall–Kier alpha value is -3.61. The molecular formula is C28H27ClN5O+. The van der Waals surface area contributed by atoms with Gasteiger partial charge in [0, 0.05) is 27.3 Å². The lowest BCUT2D eigenvalue weighted by Gasteiger charge is -2.34. The van der Waals surface area contributed by atoms with E-state index in [9.17, 15) is 0 Å². The number of piperazine rings is 1. The van der Waals surface area contributed by atoms with Crippen molar-refractivity contribution in [3.8, 4) is 0 Å². The summed E-state index contributed by atoms with van der Waals surface area (Å²) in [6.45, 7) is 7.12. The summed E-state index contributed by atoms with van der Waals surface area (Å²) in [6.07, 6.45) is 0. The highest BCUT2D eigenvalue weighted by Crippen LogP contribution is 2.32. The Morgan fingerprint density at radius 2 is 1.69 bits per heavy atom. The second kappa shape index (κ2) is 9.21. The van der Waals surface area contributed by atoms with Crippen molar-refractivity contribution >= 4 is 50.9 Å². The predicted octanol–water partition coefficient (Wildman–Crippen LogP) is 4.99. The smallest absolute Gasteiger partial charge is 0.196 e. The minimum atomic E-state index is 0.679. The minimum absolute atomic E-state index is 0.679. The Balaban J connectivity index is 1.15. The molecule has 2 N–H and O–H groups in total. The highest BCUT2D eigenvalue weighted by atomic mass is 35.5. The van der Waals surface area contributed by atoms with Crippen LogP contribution in [0.5, 0.6) is 0 Å². The maximum absolute atomic E-state index is 6.36. The van der Waals surface area contributed by atoms with E-state index in [0.717, 1.165) is 59.9 Å². The van der Waals surface area contributed by atoms with Crippen LogP contribution in [-0.4, -0.2) is 36.1 Å². The fraction of sp³-hybridized carbons (Fsp3) is 0.214. The number of rotatable bonds is 5. The number of nitrogens with zero attached hydrogens (tertiary/aromatic N) is 3. The molecule has 1 aliphatic rings. The number of anilines is 3. The minimum Gasteiger partial charge on any atom is -0.450 e. The van der Waals surface area contributed by atoms with Gasteiger partial charge < -0.3 is 19.5 Å². The Morgan fingerprint density at radius 1 is 0.943 bits per heavy atom. The van der Waals surface area contributed by atoms with Gasteiger partial charge in [-0.25, -0.2) is 9.97 Å². The molecule has 7 heteroatoms. The zero-order valence-electron chi connectivity index (χ0n) is 19.6. The number of quaternary nitrogens is 1. The molecule has 0 aliphatic carbocycles. The lowest BCUT2D eigenvalue weighted by molar-refractivity contribution is -0.914. The molecule has 0 spiro atoms. The van der Waals surface area contributed by atoms with Gasteiger partial charge in [-0.1, -0.05) is 41.9 Å². The van der Waals surface area contributed by atoms with Crippen LogP contribution >= 0.6 is 11.6 Å². The molecule has 35 heavy (non-hydrogen) atoms. The van der Waals surface area contributed by atoms with Crippen LogP contribution in [-0.2, 0) is 6.54 Å². The molecule has 0 unspecified atom stereocenters. The number of aromatic nitrogens is 2. The standard InChI is InChI=1S/C28H26ClN5O/c1-19-30-26-23-7-3-5-9-25(23)35-27(26)28(31-19)32-21-10-12-22(13-11-21)34-16-14-33(15-17-34)18-20-6-2-4-8-24(20)29/h2-13H,14-18H2,1H3,(H,30,31,32)/p+1. The van der Waals surface area contributed by atoms with Gasteiger partial charge in [-0.2, -0.15) is 0 Å². The molecule has 1 aliphatic heterocycles. The van der Waals surface area contributed by atoms with Crippen LogP contribution in [0.25, 0.3) is 22.1 Å². The quantitative estimate of drug-likeness (QED) is 0.368. The fourth-order valence-electron chi connectivity index (χ4n) is 4.85. The number of benzene rings is 3. The van der Waals surface area contributed by atoms with E-state index >= 15 is 0 Å². The van der Waals surface area contributed by atoms with Crippen LogP contribution < -0.4 is 15.1 Å². The maximum Gasteiger partial charge on any atom is 0.196 e. The van der Waals surface area contributed by atoms with E-state index in [2.05, 4.69) is 56.6 Å². The average molecular weight is 485 g/mol. The first-order chi connectivity index (χ1) is 17.1. The Bertz CT molecular complexity index is 1490. The molecule has 6 rings (SSSR count). The number of fused-ring (bicyclic) bond motifs is 3. The second-order valence-electron chi connectivity index (χ2n) is 9.07. The van der Waals surface area contributed by atoms with Gasteiger partial charge in [-0.05, 0) is 49.4 Å². The highest BCUT2D eigenvalue weighted by Gasteiger charge is 2.21. The molecule has 0 bridgehead atoms. The summed E-state index contributed by atoms with van der Waals surface area (Å²) < 4.78 is 6.08. The SMILES string of the molecule is Cc1nc(Nc2ccc(N3CC[NH+](Cc4ccccc4Cl)CC3)cc2)c2oc3ccccc3c2n1. The van der Waals surface area contributed by atoms with Crippen LogP contribution in [0.4, 0.5) is 17.2 Å². The number of nitrogens with one attached hydrogen (secondary N) is 2. The summed E-state index contributed by atoms with van der Waals surface area (Å²) >= 11 is 6.36. The summed E-state index contributed by atoms with van der Waals surface area (Å²) in [5, 5.41) is 5.31. The molecule has 0 saturated carbocycles. The van der Waals surface area contributed by atoms with E-state index in [1.807, 2.05) is 43.3 Å².